The van der Waals surface area contributed by atoms with Crippen LogP contribution in [0.2, 0.25) is 0 Å². The molecule has 4 heteroatoms. The summed E-state index contributed by atoms with van der Waals surface area (Å²) < 4.78 is 11.4. The number of benzene rings is 1. The van der Waals surface area contributed by atoms with Gasteiger partial charge in [-0.2, -0.15) is 0 Å². The van der Waals surface area contributed by atoms with Crippen molar-refractivity contribution in [1.82, 2.24) is 4.98 Å². The number of hydrogen-bond donors (Lipinski definition) is 1. The van der Waals surface area contributed by atoms with Gasteiger partial charge < -0.3 is 14.8 Å². The normalized spacial score (nSPS) is 13.3. The maximum Gasteiger partial charge on any atom is 0.163 e. The Labute approximate surface area is 125 Å². The molecule has 0 amide bonds. The van der Waals surface area contributed by atoms with Gasteiger partial charge in [-0.25, -0.2) is 0 Å². The van der Waals surface area contributed by atoms with Crippen LogP contribution in [-0.4, -0.2) is 25.2 Å². The Hall–Kier alpha value is -1.97. The van der Waals surface area contributed by atoms with Gasteiger partial charge in [-0.15, -0.1) is 0 Å². The third-order valence-electron chi connectivity index (χ3n) is 3.93. The minimum Gasteiger partial charge on any atom is -0.490 e. The van der Waals surface area contributed by atoms with Crippen LogP contribution in [0.5, 0.6) is 11.5 Å². The maximum absolute atomic E-state index is 5.74. The van der Waals surface area contributed by atoms with E-state index in [0.717, 1.165) is 35.2 Å². The smallest absolute Gasteiger partial charge is 0.163 e. The average Bonchev–Trinajstić information content (AvgIpc) is 2.94. The summed E-state index contributed by atoms with van der Waals surface area (Å²) in [7, 11) is 1.98. The predicted molar refractivity (Wildman–Crippen MR) is 85.7 cm³/mol. The molecule has 0 radical (unpaired) electrons. The molecule has 1 aliphatic rings. The van der Waals surface area contributed by atoms with E-state index in [1.165, 1.54) is 23.4 Å². The number of fused-ring (bicyclic) bond motifs is 2. The third kappa shape index (κ3) is 2.39. The van der Waals surface area contributed by atoms with Crippen LogP contribution in [0, 0.1) is 0 Å². The van der Waals surface area contributed by atoms with Crippen LogP contribution in [0.4, 0.5) is 5.69 Å². The molecule has 1 N–H and O–H groups in total. The highest BCUT2D eigenvalue weighted by molar-refractivity contribution is 5.95. The van der Waals surface area contributed by atoms with Crippen LogP contribution < -0.4 is 14.8 Å². The van der Waals surface area contributed by atoms with E-state index in [4.69, 9.17) is 14.5 Å². The number of anilines is 1. The second-order valence-electron chi connectivity index (χ2n) is 5.20. The molecule has 1 aliphatic carbocycles. The SMILES string of the molecule is CCOc1cc2nc3c(c(NC)c2cc1OCC)CCC3. The highest BCUT2D eigenvalue weighted by Crippen LogP contribution is 2.39. The topological polar surface area (TPSA) is 43.4 Å². The standard InChI is InChI=1S/C17H22N2O2/c1-4-20-15-9-12-14(10-16(15)21-5-2)19-13-8-6-7-11(13)17(12)18-3/h9-10H,4-8H2,1-3H3,(H,18,19). The van der Waals surface area contributed by atoms with Crippen molar-refractivity contribution in [2.45, 2.75) is 33.1 Å². The van der Waals surface area contributed by atoms with Crippen molar-refractivity contribution in [1.29, 1.82) is 0 Å². The van der Waals surface area contributed by atoms with Crippen molar-refractivity contribution in [3.63, 3.8) is 0 Å². The quantitative estimate of drug-likeness (QED) is 0.912. The summed E-state index contributed by atoms with van der Waals surface area (Å²) in [6.45, 7) is 5.21. The Morgan fingerprint density at radius 1 is 1.10 bits per heavy atom. The molecule has 0 spiro atoms. The van der Waals surface area contributed by atoms with E-state index < -0.39 is 0 Å². The van der Waals surface area contributed by atoms with E-state index in [9.17, 15) is 0 Å². The van der Waals surface area contributed by atoms with Crippen molar-refractivity contribution in [2.24, 2.45) is 0 Å². The van der Waals surface area contributed by atoms with E-state index in [1.807, 2.05) is 27.0 Å². The minimum atomic E-state index is 0.620. The molecular weight excluding hydrogens is 264 g/mol. The van der Waals surface area contributed by atoms with Gasteiger partial charge in [0, 0.05) is 29.9 Å². The van der Waals surface area contributed by atoms with Gasteiger partial charge in [-0.1, -0.05) is 0 Å². The van der Waals surface area contributed by atoms with Crippen molar-refractivity contribution in [3.8, 4) is 11.5 Å². The zero-order chi connectivity index (χ0) is 14.8. The highest BCUT2D eigenvalue weighted by atomic mass is 16.5. The van der Waals surface area contributed by atoms with E-state index in [-0.39, 0.29) is 0 Å². The summed E-state index contributed by atoms with van der Waals surface area (Å²) in [5.41, 5.74) is 4.75. The monoisotopic (exact) mass is 286 g/mol. The fourth-order valence-electron chi connectivity index (χ4n) is 3.09. The molecule has 4 nitrogen and oxygen atoms in total. The number of pyridine rings is 1. The highest BCUT2D eigenvalue weighted by Gasteiger charge is 2.20. The third-order valence-corrected chi connectivity index (χ3v) is 3.93. The Morgan fingerprint density at radius 3 is 2.48 bits per heavy atom. The van der Waals surface area contributed by atoms with E-state index in [0.29, 0.717) is 13.2 Å². The Balaban J connectivity index is 2.24. The van der Waals surface area contributed by atoms with Crippen LogP contribution in [0.1, 0.15) is 31.5 Å². The van der Waals surface area contributed by atoms with Crippen LogP contribution in [0.25, 0.3) is 10.9 Å². The summed E-state index contributed by atoms with van der Waals surface area (Å²) in [6.07, 6.45) is 3.35. The molecule has 0 saturated carbocycles. The van der Waals surface area contributed by atoms with E-state index in [1.54, 1.807) is 0 Å². The van der Waals surface area contributed by atoms with Gasteiger partial charge in [-0.3, -0.25) is 4.98 Å². The van der Waals surface area contributed by atoms with Gasteiger partial charge in [0.25, 0.3) is 0 Å². The number of rotatable bonds is 5. The first-order valence-electron chi connectivity index (χ1n) is 7.71. The molecule has 0 unspecified atom stereocenters. The fourth-order valence-corrected chi connectivity index (χ4v) is 3.09. The molecule has 0 fully saturated rings. The lowest BCUT2D eigenvalue weighted by Crippen LogP contribution is -2.02. The van der Waals surface area contributed by atoms with Gasteiger partial charge in [0.05, 0.1) is 18.7 Å². The molecule has 1 aromatic carbocycles. The molecular formula is C17H22N2O2. The largest absolute Gasteiger partial charge is 0.490 e. The van der Waals surface area contributed by atoms with Gasteiger partial charge in [0.2, 0.25) is 0 Å². The number of ether oxygens (including phenoxy) is 2. The first kappa shape index (κ1) is 14.0. The lowest BCUT2D eigenvalue weighted by Gasteiger charge is -2.16. The van der Waals surface area contributed by atoms with E-state index >= 15 is 0 Å². The molecule has 0 atom stereocenters. The van der Waals surface area contributed by atoms with Crippen molar-refractivity contribution >= 4 is 16.6 Å². The van der Waals surface area contributed by atoms with Crippen LogP contribution in [0.15, 0.2) is 12.1 Å². The number of hydrogen-bond acceptors (Lipinski definition) is 4. The van der Waals surface area contributed by atoms with Gasteiger partial charge in [0.1, 0.15) is 0 Å². The zero-order valence-electron chi connectivity index (χ0n) is 13.0. The second kappa shape index (κ2) is 5.80. The Bertz CT molecular complexity index is 668. The summed E-state index contributed by atoms with van der Waals surface area (Å²) in [5, 5.41) is 4.47. The zero-order valence-corrected chi connectivity index (χ0v) is 13.0. The molecule has 2 aromatic rings. The van der Waals surface area contributed by atoms with Gasteiger partial charge in [0.15, 0.2) is 11.5 Å². The first-order chi connectivity index (χ1) is 10.3. The van der Waals surface area contributed by atoms with E-state index in [2.05, 4.69) is 11.4 Å². The molecule has 3 rings (SSSR count). The number of aromatic nitrogens is 1. The number of nitrogens with zero attached hydrogens (tertiary/aromatic N) is 1. The van der Waals surface area contributed by atoms with Crippen molar-refractivity contribution in [2.75, 3.05) is 25.6 Å². The number of aryl methyl sites for hydroxylation is 1. The van der Waals surface area contributed by atoms with Crippen LogP contribution in [0.3, 0.4) is 0 Å². The molecule has 0 bridgehead atoms. The summed E-state index contributed by atoms with van der Waals surface area (Å²) >= 11 is 0. The summed E-state index contributed by atoms with van der Waals surface area (Å²) in [5.74, 6) is 1.57. The summed E-state index contributed by atoms with van der Waals surface area (Å²) in [4.78, 5) is 4.83. The van der Waals surface area contributed by atoms with Crippen molar-refractivity contribution in [3.05, 3.63) is 23.4 Å². The minimum absolute atomic E-state index is 0.620. The molecule has 1 heterocycles. The maximum atomic E-state index is 5.74. The lowest BCUT2D eigenvalue weighted by atomic mass is 10.1. The first-order valence-corrected chi connectivity index (χ1v) is 7.71. The summed E-state index contributed by atoms with van der Waals surface area (Å²) in [6, 6.07) is 4.06. The van der Waals surface area contributed by atoms with Gasteiger partial charge in [-0.05, 0) is 44.7 Å². The van der Waals surface area contributed by atoms with Gasteiger partial charge >= 0.3 is 0 Å². The van der Waals surface area contributed by atoms with Crippen molar-refractivity contribution < 1.29 is 9.47 Å². The fraction of sp³-hybridized carbons (Fsp3) is 0.471. The lowest BCUT2D eigenvalue weighted by molar-refractivity contribution is 0.288. The molecule has 21 heavy (non-hydrogen) atoms. The molecule has 0 saturated heterocycles. The second-order valence-corrected chi connectivity index (χ2v) is 5.20. The molecule has 1 aromatic heterocycles. The Kier molecular flexibility index (Phi) is 3.86. The average molecular weight is 286 g/mol. The van der Waals surface area contributed by atoms with Crippen LogP contribution in [-0.2, 0) is 12.8 Å². The molecule has 112 valence electrons. The molecule has 0 aliphatic heterocycles. The Morgan fingerprint density at radius 2 is 1.81 bits per heavy atom. The number of nitrogens with one attached hydrogen (secondary N) is 1. The predicted octanol–water partition coefficient (Wildman–Crippen LogP) is 3.56. The van der Waals surface area contributed by atoms with Crippen LogP contribution >= 0.6 is 0 Å².